The molecule has 2 N–H and O–H groups in total. The van der Waals surface area contributed by atoms with Gasteiger partial charge >= 0.3 is 0 Å². The standard InChI is InChI=1S/C13H16IN2OP/c1-9-6-11(8-15)13(16-18-14)7-12(9)10-2-4-17-5-3-10/h2,6-8,15-16,18H,3-5H2,1H3. The summed E-state index contributed by atoms with van der Waals surface area (Å²) in [5, 5.41) is 10.8. The first kappa shape index (κ1) is 14.0. The molecule has 2 rings (SSSR count). The van der Waals surface area contributed by atoms with Crippen LogP contribution >= 0.6 is 28.4 Å². The molecule has 0 radical (unpaired) electrons. The summed E-state index contributed by atoms with van der Waals surface area (Å²) in [5.74, 6) is 0. The van der Waals surface area contributed by atoms with Crippen LogP contribution in [0, 0.1) is 12.3 Å². The van der Waals surface area contributed by atoms with Gasteiger partial charge in [-0.05, 0) is 64.2 Å². The molecule has 1 aliphatic rings. The normalized spacial score (nSPS) is 15.8. The number of nitrogens with one attached hydrogen (secondary N) is 2. The largest absolute Gasteiger partial charge is 0.377 e. The van der Waals surface area contributed by atoms with Crippen molar-refractivity contribution in [1.82, 2.24) is 0 Å². The number of benzene rings is 1. The summed E-state index contributed by atoms with van der Waals surface area (Å²) in [4.78, 5) is 0. The van der Waals surface area contributed by atoms with Gasteiger partial charge in [-0.1, -0.05) is 6.08 Å². The predicted octanol–water partition coefficient (Wildman–Crippen LogP) is 4.15. The van der Waals surface area contributed by atoms with Crippen LogP contribution < -0.4 is 5.09 Å². The molecule has 0 aromatic heterocycles. The zero-order valence-corrected chi connectivity index (χ0v) is 13.4. The second kappa shape index (κ2) is 6.64. The fourth-order valence-corrected chi connectivity index (χ4v) is 3.32. The van der Waals surface area contributed by atoms with Crippen molar-refractivity contribution in [3.8, 4) is 0 Å². The highest BCUT2D eigenvalue weighted by Crippen LogP contribution is 2.32. The number of hydrogen-bond donors (Lipinski definition) is 2. The molecule has 96 valence electrons. The molecule has 3 nitrogen and oxygen atoms in total. The summed E-state index contributed by atoms with van der Waals surface area (Å²) in [6.07, 6.45) is 5.15. The third kappa shape index (κ3) is 3.11. The number of ether oxygens (including phenoxy) is 1. The van der Waals surface area contributed by atoms with Crippen LogP contribution in [-0.4, -0.2) is 19.4 Å². The second-order valence-electron chi connectivity index (χ2n) is 4.17. The van der Waals surface area contributed by atoms with E-state index >= 15 is 0 Å². The van der Waals surface area contributed by atoms with Crippen LogP contribution in [0.2, 0.25) is 0 Å². The zero-order valence-electron chi connectivity index (χ0n) is 10.2. The van der Waals surface area contributed by atoms with Gasteiger partial charge in [-0.2, -0.15) is 0 Å². The summed E-state index contributed by atoms with van der Waals surface area (Å²) < 4.78 is 5.36. The summed E-state index contributed by atoms with van der Waals surface area (Å²) in [6.45, 7) is 3.61. The van der Waals surface area contributed by atoms with Gasteiger partial charge < -0.3 is 15.2 Å². The molecule has 18 heavy (non-hydrogen) atoms. The molecule has 1 aromatic carbocycles. The maximum Gasteiger partial charge on any atom is 0.0653 e. The second-order valence-corrected chi connectivity index (χ2v) is 6.23. The van der Waals surface area contributed by atoms with Crippen LogP contribution in [0.1, 0.15) is 23.1 Å². The molecule has 1 unspecified atom stereocenters. The Hall–Kier alpha value is -0.450. The first-order valence-electron chi connectivity index (χ1n) is 5.80. The molecule has 0 aliphatic carbocycles. The summed E-state index contributed by atoms with van der Waals surface area (Å²) in [5.41, 5.74) is 5.86. The minimum absolute atomic E-state index is 0.609. The Labute approximate surface area is 122 Å². The number of halogens is 1. The maximum absolute atomic E-state index is 7.48. The molecule has 0 bridgehead atoms. The first-order valence-corrected chi connectivity index (χ1v) is 9.91. The van der Waals surface area contributed by atoms with Crippen LogP contribution in [0.15, 0.2) is 18.2 Å². The lowest BCUT2D eigenvalue weighted by Crippen LogP contribution is -2.05. The van der Waals surface area contributed by atoms with E-state index in [2.05, 4.69) is 52.3 Å². The van der Waals surface area contributed by atoms with E-state index < -0.39 is 0 Å². The van der Waals surface area contributed by atoms with Crippen molar-refractivity contribution in [2.75, 3.05) is 18.3 Å². The predicted molar refractivity (Wildman–Crippen MR) is 88.4 cm³/mol. The number of aryl methyl sites for hydroxylation is 1. The van der Waals surface area contributed by atoms with Gasteiger partial charge in [-0.25, -0.2) is 0 Å². The van der Waals surface area contributed by atoms with Crippen molar-refractivity contribution in [2.24, 2.45) is 0 Å². The average molecular weight is 374 g/mol. The third-order valence-corrected chi connectivity index (χ3v) is 4.22. The molecular weight excluding hydrogens is 358 g/mol. The Balaban J connectivity index is 2.43. The van der Waals surface area contributed by atoms with Crippen LogP contribution in [0.25, 0.3) is 5.57 Å². The lowest BCUT2D eigenvalue weighted by molar-refractivity contribution is 0.161. The molecular formula is C13H16IN2OP. The first-order chi connectivity index (χ1) is 8.76. The fraction of sp³-hybridized carbons (Fsp3) is 0.308. The van der Waals surface area contributed by atoms with E-state index in [1.807, 2.05) is 0 Å². The minimum Gasteiger partial charge on any atom is -0.377 e. The molecule has 1 aliphatic heterocycles. The highest BCUT2D eigenvalue weighted by molar-refractivity contribution is 14.2. The van der Waals surface area contributed by atoms with Crippen LogP contribution in [-0.2, 0) is 4.74 Å². The van der Waals surface area contributed by atoms with Gasteiger partial charge in [-0.15, -0.1) is 0 Å². The average Bonchev–Trinajstić information content (AvgIpc) is 2.41. The topological polar surface area (TPSA) is 45.1 Å². The fourth-order valence-electron chi connectivity index (χ4n) is 2.13. The Kier molecular flexibility index (Phi) is 5.15. The molecule has 1 aromatic rings. The molecule has 0 spiro atoms. The monoisotopic (exact) mass is 374 g/mol. The van der Waals surface area contributed by atoms with Crippen LogP contribution in [0.3, 0.4) is 0 Å². The van der Waals surface area contributed by atoms with Crippen molar-refractivity contribution < 1.29 is 4.74 Å². The van der Waals surface area contributed by atoms with Crippen molar-refractivity contribution in [3.63, 3.8) is 0 Å². The van der Waals surface area contributed by atoms with E-state index in [4.69, 9.17) is 10.1 Å². The summed E-state index contributed by atoms with van der Waals surface area (Å²) in [7, 11) is 0. The number of hydrogen-bond acceptors (Lipinski definition) is 3. The highest BCUT2D eigenvalue weighted by atomic mass is 127. The van der Waals surface area contributed by atoms with Crippen LogP contribution in [0.4, 0.5) is 5.69 Å². The van der Waals surface area contributed by atoms with E-state index in [1.54, 1.807) is 0 Å². The zero-order chi connectivity index (χ0) is 13.0. The Bertz CT molecular complexity index is 488. The Morgan fingerprint density at radius 1 is 1.50 bits per heavy atom. The van der Waals surface area contributed by atoms with Gasteiger partial charge in [0.1, 0.15) is 0 Å². The van der Waals surface area contributed by atoms with Crippen molar-refractivity contribution in [2.45, 2.75) is 13.3 Å². The van der Waals surface area contributed by atoms with E-state index in [0.29, 0.717) is 13.0 Å². The molecule has 5 heteroatoms. The van der Waals surface area contributed by atoms with Gasteiger partial charge in [0, 0.05) is 23.8 Å². The lowest BCUT2D eigenvalue weighted by atomic mass is 9.94. The van der Waals surface area contributed by atoms with Gasteiger partial charge in [0.25, 0.3) is 0 Å². The minimum atomic E-state index is 0.609. The van der Waals surface area contributed by atoms with E-state index in [0.717, 1.165) is 24.3 Å². The van der Waals surface area contributed by atoms with Crippen molar-refractivity contribution >= 4 is 45.9 Å². The third-order valence-electron chi connectivity index (χ3n) is 3.04. The lowest BCUT2D eigenvalue weighted by Gasteiger charge is -2.18. The van der Waals surface area contributed by atoms with Gasteiger partial charge in [0.2, 0.25) is 0 Å². The van der Waals surface area contributed by atoms with Gasteiger partial charge in [0.15, 0.2) is 0 Å². The summed E-state index contributed by atoms with van der Waals surface area (Å²) >= 11 is 2.31. The Morgan fingerprint density at radius 2 is 2.33 bits per heavy atom. The molecule has 1 heterocycles. The number of rotatable bonds is 4. The molecule has 0 saturated carbocycles. The van der Waals surface area contributed by atoms with Crippen molar-refractivity contribution in [1.29, 1.82) is 5.41 Å². The quantitative estimate of drug-likeness (QED) is 0.473. The van der Waals surface area contributed by atoms with E-state index in [9.17, 15) is 0 Å². The molecule has 0 fully saturated rings. The molecule has 0 saturated heterocycles. The smallest absolute Gasteiger partial charge is 0.0653 e. The highest BCUT2D eigenvalue weighted by Gasteiger charge is 2.12. The van der Waals surface area contributed by atoms with Gasteiger partial charge in [-0.3, -0.25) is 0 Å². The van der Waals surface area contributed by atoms with Gasteiger partial charge in [0.05, 0.1) is 13.2 Å². The molecule has 0 amide bonds. The summed E-state index contributed by atoms with van der Waals surface area (Å²) in [6, 6.07) is 4.25. The molecule has 1 atom stereocenters. The van der Waals surface area contributed by atoms with E-state index in [-0.39, 0.29) is 0 Å². The van der Waals surface area contributed by atoms with Crippen LogP contribution in [0.5, 0.6) is 0 Å². The Morgan fingerprint density at radius 3 is 2.94 bits per heavy atom. The maximum atomic E-state index is 7.48. The van der Waals surface area contributed by atoms with E-state index in [1.165, 1.54) is 22.9 Å². The SMILES string of the molecule is Cc1cc(C=N)c(NPI)cc1C1=CCOCC1. The van der Waals surface area contributed by atoms with Crippen molar-refractivity contribution in [3.05, 3.63) is 34.9 Å². The number of anilines is 1.